The number of aromatic nitrogens is 2. The van der Waals surface area contributed by atoms with Crippen LogP contribution in [0.25, 0.3) is 0 Å². The molecule has 0 aliphatic heterocycles. The third-order valence-corrected chi connectivity index (χ3v) is 5.17. The predicted molar refractivity (Wildman–Crippen MR) is 98.2 cm³/mol. The van der Waals surface area contributed by atoms with E-state index in [1.165, 1.54) is 32.1 Å². The summed E-state index contributed by atoms with van der Waals surface area (Å²) in [6, 6.07) is 2.54. The molecule has 136 valence electrons. The van der Waals surface area contributed by atoms with E-state index in [9.17, 15) is 4.79 Å². The molecule has 1 atom stereocenters. The van der Waals surface area contributed by atoms with Crippen molar-refractivity contribution in [3.8, 4) is 0 Å². The molecule has 0 radical (unpaired) electrons. The van der Waals surface area contributed by atoms with Gasteiger partial charge in [-0.05, 0) is 46.2 Å². The van der Waals surface area contributed by atoms with Gasteiger partial charge in [0.2, 0.25) is 5.91 Å². The summed E-state index contributed by atoms with van der Waals surface area (Å²) in [5.41, 5.74) is 2.03. The molecular formula is C19H34N4O. The first-order valence-corrected chi connectivity index (χ1v) is 9.53. The number of nitrogens with zero attached hydrogens (tertiary/aromatic N) is 3. The van der Waals surface area contributed by atoms with Gasteiger partial charge in [0.05, 0.1) is 5.69 Å². The largest absolute Gasteiger partial charge is 0.353 e. The Bertz CT molecular complexity index is 519. The molecule has 0 bridgehead atoms. The maximum absolute atomic E-state index is 12.7. The highest BCUT2D eigenvalue weighted by molar-refractivity contribution is 5.80. The second-order valence-corrected chi connectivity index (χ2v) is 7.24. The lowest BCUT2D eigenvalue weighted by Gasteiger charge is -2.31. The number of rotatable bonds is 8. The first kappa shape index (κ1) is 19.0. The average Bonchev–Trinajstić information content (AvgIpc) is 2.91. The summed E-state index contributed by atoms with van der Waals surface area (Å²) in [4.78, 5) is 15.1. The van der Waals surface area contributed by atoms with Crippen molar-refractivity contribution in [3.05, 3.63) is 17.5 Å². The van der Waals surface area contributed by atoms with Gasteiger partial charge in [-0.3, -0.25) is 9.48 Å². The Kier molecular flexibility index (Phi) is 7.28. The van der Waals surface area contributed by atoms with E-state index in [0.717, 1.165) is 30.8 Å². The number of amides is 1. The molecule has 1 N–H and O–H groups in total. The minimum absolute atomic E-state index is 0.0973. The van der Waals surface area contributed by atoms with Gasteiger partial charge in [-0.2, -0.15) is 5.10 Å². The fourth-order valence-corrected chi connectivity index (χ4v) is 3.78. The molecule has 2 rings (SSSR count). The van der Waals surface area contributed by atoms with Gasteiger partial charge in [0.1, 0.15) is 6.04 Å². The maximum Gasteiger partial charge on any atom is 0.244 e. The molecule has 5 nitrogen and oxygen atoms in total. The van der Waals surface area contributed by atoms with E-state index in [4.69, 9.17) is 0 Å². The van der Waals surface area contributed by atoms with E-state index in [-0.39, 0.29) is 11.9 Å². The van der Waals surface area contributed by atoms with Crippen LogP contribution in [-0.2, 0) is 4.79 Å². The van der Waals surface area contributed by atoms with Crippen molar-refractivity contribution in [1.82, 2.24) is 20.0 Å². The normalized spacial score (nSPS) is 17.2. The molecule has 0 unspecified atom stereocenters. The number of carbonyl (C=O) groups is 1. The van der Waals surface area contributed by atoms with Crippen LogP contribution in [0.4, 0.5) is 0 Å². The highest BCUT2D eigenvalue weighted by Gasteiger charge is 2.22. The summed E-state index contributed by atoms with van der Waals surface area (Å²) in [6.07, 6.45) is 8.46. The zero-order chi connectivity index (χ0) is 17.5. The lowest BCUT2D eigenvalue weighted by atomic mass is 9.94. The fraction of sp³-hybridized carbons (Fsp3) is 0.789. The SMILES string of the molecule is CCC[C@@H](C(=O)NCCN(C)C1CCCCC1)n1nc(C)cc1C. The van der Waals surface area contributed by atoms with Crippen LogP contribution in [0.15, 0.2) is 6.07 Å². The molecule has 1 fully saturated rings. The predicted octanol–water partition coefficient (Wildman–Crippen LogP) is 3.22. The fourth-order valence-electron chi connectivity index (χ4n) is 3.78. The third-order valence-electron chi connectivity index (χ3n) is 5.17. The van der Waals surface area contributed by atoms with E-state index in [1.54, 1.807) is 0 Å². The molecule has 0 aromatic carbocycles. The van der Waals surface area contributed by atoms with Gasteiger partial charge in [0, 0.05) is 24.8 Å². The molecule has 1 aliphatic carbocycles. The first-order chi connectivity index (χ1) is 11.5. The van der Waals surface area contributed by atoms with Gasteiger partial charge >= 0.3 is 0 Å². The molecule has 0 saturated heterocycles. The number of aryl methyl sites for hydroxylation is 2. The number of hydrogen-bond acceptors (Lipinski definition) is 3. The molecule has 1 heterocycles. The van der Waals surface area contributed by atoms with Gasteiger partial charge in [0.25, 0.3) is 0 Å². The lowest BCUT2D eigenvalue weighted by molar-refractivity contribution is -0.125. The Hall–Kier alpha value is -1.36. The van der Waals surface area contributed by atoms with E-state index in [0.29, 0.717) is 12.6 Å². The Morgan fingerprint density at radius 2 is 2.08 bits per heavy atom. The van der Waals surface area contributed by atoms with Crippen molar-refractivity contribution in [2.24, 2.45) is 0 Å². The van der Waals surface area contributed by atoms with Crippen LogP contribution in [0, 0.1) is 13.8 Å². The molecule has 1 aromatic heterocycles. The smallest absolute Gasteiger partial charge is 0.244 e. The lowest BCUT2D eigenvalue weighted by Crippen LogP contribution is -2.41. The zero-order valence-corrected chi connectivity index (χ0v) is 15.8. The quantitative estimate of drug-likeness (QED) is 0.794. The standard InChI is InChI=1S/C19H34N4O/c1-5-9-18(23-16(3)14-15(2)21-23)19(24)20-12-13-22(4)17-10-7-6-8-11-17/h14,17-18H,5-13H2,1-4H3,(H,20,24)/t18-/m0/s1. The Morgan fingerprint density at radius 1 is 1.38 bits per heavy atom. The van der Waals surface area contributed by atoms with Gasteiger partial charge in [-0.1, -0.05) is 32.6 Å². The zero-order valence-electron chi connectivity index (χ0n) is 15.8. The summed E-state index contributed by atoms with van der Waals surface area (Å²) in [5, 5.41) is 7.64. The summed E-state index contributed by atoms with van der Waals surface area (Å²) >= 11 is 0. The average molecular weight is 335 g/mol. The van der Waals surface area contributed by atoms with Crippen LogP contribution in [0.3, 0.4) is 0 Å². The Labute approximate surface area is 146 Å². The van der Waals surface area contributed by atoms with E-state index < -0.39 is 0 Å². The number of hydrogen-bond donors (Lipinski definition) is 1. The van der Waals surface area contributed by atoms with Crippen molar-refractivity contribution in [2.75, 3.05) is 20.1 Å². The summed E-state index contributed by atoms with van der Waals surface area (Å²) in [7, 11) is 2.19. The molecular weight excluding hydrogens is 300 g/mol. The topological polar surface area (TPSA) is 50.2 Å². The highest BCUT2D eigenvalue weighted by Crippen LogP contribution is 2.21. The minimum Gasteiger partial charge on any atom is -0.353 e. The van der Waals surface area contributed by atoms with Gasteiger partial charge in [-0.15, -0.1) is 0 Å². The van der Waals surface area contributed by atoms with Crippen LogP contribution in [0.2, 0.25) is 0 Å². The molecule has 1 saturated carbocycles. The molecule has 0 spiro atoms. The molecule has 1 amide bonds. The highest BCUT2D eigenvalue weighted by atomic mass is 16.2. The van der Waals surface area contributed by atoms with Crippen LogP contribution >= 0.6 is 0 Å². The van der Waals surface area contributed by atoms with E-state index in [2.05, 4.69) is 29.3 Å². The van der Waals surface area contributed by atoms with Crippen molar-refractivity contribution in [3.63, 3.8) is 0 Å². The Morgan fingerprint density at radius 3 is 2.67 bits per heavy atom. The number of likely N-dealkylation sites (N-methyl/N-ethyl adjacent to an activating group) is 1. The second kappa shape index (κ2) is 9.21. The monoisotopic (exact) mass is 334 g/mol. The Balaban J connectivity index is 1.85. The van der Waals surface area contributed by atoms with Gasteiger partial charge in [-0.25, -0.2) is 0 Å². The molecule has 1 aliphatic rings. The molecule has 24 heavy (non-hydrogen) atoms. The van der Waals surface area contributed by atoms with Gasteiger partial charge < -0.3 is 10.2 Å². The van der Waals surface area contributed by atoms with Crippen LogP contribution in [-0.4, -0.2) is 46.8 Å². The first-order valence-electron chi connectivity index (χ1n) is 9.53. The van der Waals surface area contributed by atoms with Gasteiger partial charge in [0.15, 0.2) is 0 Å². The number of nitrogens with one attached hydrogen (secondary N) is 1. The second-order valence-electron chi connectivity index (χ2n) is 7.24. The summed E-state index contributed by atoms with van der Waals surface area (Å²) in [6.45, 7) is 7.75. The third kappa shape index (κ3) is 5.07. The van der Waals surface area contributed by atoms with Crippen LogP contribution in [0.5, 0.6) is 0 Å². The number of carbonyl (C=O) groups excluding carboxylic acids is 1. The van der Waals surface area contributed by atoms with Crippen molar-refractivity contribution < 1.29 is 4.79 Å². The summed E-state index contributed by atoms with van der Waals surface area (Å²) < 4.78 is 1.89. The van der Waals surface area contributed by atoms with Crippen molar-refractivity contribution in [2.45, 2.75) is 77.8 Å². The summed E-state index contributed by atoms with van der Waals surface area (Å²) in [5.74, 6) is 0.0973. The van der Waals surface area contributed by atoms with E-state index >= 15 is 0 Å². The van der Waals surface area contributed by atoms with Crippen molar-refractivity contribution in [1.29, 1.82) is 0 Å². The van der Waals surface area contributed by atoms with Crippen LogP contribution in [0.1, 0.15) is 69.3 Å². The molecule has 1 aromatic rings. The van der Waals surface area contributed by atoms with E-state index in [1.807, 2.05) is 24.6 Å². The minimum atomic E-state index is -0.191. The van der Waals surface area contributed by atoms with Crippen LogP contribution < -0.4 is 5.32 Å². The maximum atomic E-state index is 12.7. The molecule has 5 heteroatoms. The van der Waals surface area contributed by atoms with Crippen molar-refractivity contribution >= 4 is 5.91 Å².